The van der Waals surface area contributed by atoms with E-state index in [-0.39, 0.29) is 27.9 Å². The van der Waals surface area contributed by atoms with Gasteiger partial charge in [-0.3, -0.25) is 14.5 Å². The van der Waals surface area contributed by atoms with E-state index < -0.39 is 23.7 Å². The van der Waals surface area contributed by atoms with Crippen molar-refractivity contribution in [3.05, 3.63) is 81.9 Å². The number of benzene rings is 2. The van der Waals surface area contributed by atoms with Crippen LogP contribution in [0.3, 0.4) is 0 Å². The first kappa shape index (κ1) is 29.3. The van der Waals surface area contributed by atoms with Crippen molar-refractivity contribution in [1.82, 2.24) is 4.98 Å². The van der Waals surface area contributed by atoms with Crippen LogP contribution in [0.4, 0.5) is 5.13 Å². The van der Waals surface area contributed by atoms with Gasteiger partial charge in [0.1, 0.15) is 23.0 Å². The zero-order valence-electron chi connectivity index (χ0n) is 23.3. The van der Waals surface area contributed by atoms with Crippen LogP contribution in [0.15, 0.2) is 54.6 Å². The lowest BCUT2D eigenvalue weighted by Gasteiger charge is -2.24. The third kappa shape index (κ3) is 5.53. The van der Waals surface area contributed by atoms with Gasteiger partial charge < -0.3 is 24.1 Å². The first-order chi connectivity index (χ1) is 19.7. The van der Waals surface area contributed by atoms with E-state index in [1.54, 1.807) is 63.2 Å². The Morgan fingerprint density at radius 2 is 1.80 bits per heavy atom. The summed E-state index contributed by atoms with van der Waals surface area (Å²) in [6.07, 6.45) is 1.62. The first-order valence-electron chi connectivity index (χ1n) is 12.7. The number of carbonyl (C=O) groups excluding carboxylic acids is 3. The van der Waals surface area contributed by atoms with Crippen LogP contribution < -0.4 is 19.1 Å². The molecule has 0 aliphatic carbocycles. The summed E-state index contributed by atoms with van der Waals surface area (Å²) in [6, 6.07) is 8.78. The molecule has 4 rings (SSSR count). The van der Waals surface area contributed by atoms with Gasteiger partial charge in [0.15, 0.2) is 16.6 Å². The van der Waals surface area contributed by atoms with E-state index in [1.165, 1.54) is 19.1 Å². The Kier molecular flexibility index (Phi) is 8.77. The third-order valence-electron chi connectivity index (χ3n) is 6.43. The molecule has 1 aliphatic heterocycles. The normalized spacial score (nSPS) is 16.0. The number of rotatable bonds is 10. The molecule has 3 aromatic rings. The number of aliphatic hydroxyl groups excluding tert-OH is 1. The quantitative estimate of drug-likeness (QED) is 0.114. The summed E-state index contributed by atoms with van der Waals surface area (Å²) in [6.45, 7) is 9.22. The number of amides is 1. The number of aliphatic hydroxyl groups is 1. The highest BCUT2D eigenvalue weighted by molar-refractivity contribution is 7.17. The van der Waals surface area contributed by atoms with Crippen LogP contribution in [-0.2, 0) is 14.3 Å². The van der Waals surface area contributed by atoms with E-state index in [2.05, 4.69) is 11.6 Å². The molecule has 0 radical (unpaired) electrons. The van der Waals surface area contributed by atoms with Gasteiger partial charge in [0.05, 0.1) is 38.1 Å². The molecule has 1 saturated heterocycles. The number of esters is 1. The molecular formula is C30H30N2O8S. The SMILES string of the molecule is C=CCOc1ccc(C(O)=C2C(=O)C(=O)N(c3nc(C)c(C(=O)OCC)s3)[C@@H]2c2ccc(OC)c(OC)c2)cc1C. The van der Waals surface area contributed by atoms with Crippen LogP contribution in [0, 0.1) is 13.8 Å². The average Bonchev–Trinajstić information content (AvgIpc) is 3.47. The van der Waals surface area contributed by atoms with Crippen LogP contribution in [0.5, 0.6) is 17.2 Å². The minimum Gasteiger partial charge on any atom is -0.507 e. The summed E-state index contributed by atoms with van der Waals surface area (Å²) < 4.78 is 21.6. The Morgan fingerprint density at radius 3 is 2.44 bits per heavy atom. The van der Waals surface area contributed by atoms with Gasteiger partial charge in [-0.15, -0.1) is 0 Å². The lowest BCUT2D eigenvalue weighted by atomic mass is 9.94. The largest absolute Gasteiger partial charge is 0.507 e. The molecule has 11 heteroatoms. The van der Waals surface area contributed by atoms with E-state index in [4.69, 9.17) is 18.9 Å². The summed E-state index contributed by atoms with van der Waals surface area (Å²) in [5.74, 6) is -1.38. The topological polar surface area (TPSA) is 124 Å². The fourth-order valence-corrected chi connectivity index (χ4v) is 5.49. The minimum atomic E-state index is -1.09. The minimum absolute atomic E-state index is 0.107. The summed E-state index contributed by atoms with van der Waals surface area (Å²) >= 11 is 0.931. The third-order valence-corrected chi connectivity index (χ3v) is 7.56. The smallest absolute Gasteiger partial charge is 0.350 e. The van der Waals surface area contributed by atoms with Crippen molar-refractivity contribution in [2.75, 3.05) is 32.3 Å². The monoisotopic (exact) mass is 578 g/mol. The van der Waals surface area contributed by atoms with Gasteiger partial charge in [0.2, 0.25) is 0 Å². The molecule has 1 N–H and O–H groups in total. The molecule has 0 saturated carbocycles. The Balaban J connectivity index is 1.92. The molecular weight excluding hydrogens is 548 g/mol. The molecule has 0 unspecified atom stereocenters. The van der Waals surface area contributed by atoms with E-state index in [0.29, 0.717) is 46.2 Å². The second-order valence-electron chi connectivity index (χ2n) is 8.99. The summed E-state index contributed by atoms with van der Waals surface area (Å²) in [5.41, 5.74) is 1.69. The highest BCUT2D eigenvalue weighted by atomic mass is 32.1. The van der Waals surface area contributed by atoms with Crippen molar-refractivity contribution in [2.45, 2.75) is 26.8 Å². The van der Waals surface area contributed by atoms with Crippen molar-refractivity contribution < 1.29 is 38.4 Å². The summed E-state index contributed by atoms with van der Waals surface area (Å²) in [7, 11) is 2.96. The summed E-state index contributed by atoms with van der Waals surface area (Å²) in [5, 5.41) is 11.6. The molecule has 1 amide bonds. The fourth-order valence-electron chi connectivity index (χ4n) is 4.50. The highest BCUT2D eigenvalue weighted by Crippen LogP contribution is 2.45. The van der Waals surface area contributed by atoms with E-state index in [1.807, 2.05) is 0 Å². The second-order valence-corrected chi connectivity index (χ2v) is 9.97. The summed E-state index contributed by atoms with van der Waals surface area (Å²) in [4.78, 5) is 45.5. The van der Waals surface area contributed by atoms with Gasteiger partial charge in [-0.1, -0.05) is 30.1 Å². The Labute approximate surface area is 241 Å². The van der Waals surface area contributed by atoms with Crippen LogP contribution in [0.1, 0.15) is 45.0 Å². The molecule has 0 spiro atoms. The van der Waals surface area contributed by atoms with Crippen molar-refractivity contribution in [3.8, 4) is 17.2 Å². The van der Waals surface area contributed by atoms with Crippen molar-refractivity contribution in [2.24, 2.45) is 0 Å². The molecule has 10 nitrogen and oxygen atoms in total. The number of ether oxygens (including phenoxy) is 4. The number of hydrogen-bond donors (Lipinski definition) is 1. The van der Waals surface area contributed by atoms with Crippen molar-refractivity contribution in [1.29, 1.82) is 0 Å². The highest BCUT2D eigenvalue weighted by Gasteiger charge is 2.48. The van der Waals surface area contributed by atoms with E-state index >= 15 is 0 Å². The zero-order valence-corrected chi connectivity index (χ0v) is 24.2. The Hall–Kier alpha value is -4.64. The maximum absolute atomic E-state index is 13.6. The molecule has 2 aromatic carbocycles. The van der Waals surface area contributed by atoms with Gasteiger partial charge in [0.25, 0.3) is 5.78 Å². The van der Waals surface area contributed by atoms with Gasteiger partial charge >= 0.3 is 11.9 Å². The maximum Gasteiger partial charge on any atom is 0.350 e. The molecule has 41 heavy (non-hydrogen) atoms. The number of aryl methyl sites for hydroxylation is 2. The number of nitrogens with zero attached hydrogens (tertiary/aromatic N) is 2. The number of aromatic nitrogens is 1. The molecule has 1 fully saturated rings. The van der Waals surface area contributed by atoms with Gasteiger partial charge in [-0.05, 0) is 62.2 Å². The van der Waals surface area contributed by atoms with Crippen LogP contribution in [-0.4, -0.2) is 55.2 Å². The predicted molar refractivity (Wildman–Crippen MR) is 154 cm³/mol. The fraction of sp³-hybridized carbons (Fsp3) is 0.267. The Bertz CT molecular complexity index is 1560. The standard InChI is InChI=1S/C30H30N2O8S/c1-7-13-40-20-11-10-19(14-16(20)3)25(33)23-24(18-9-12-21(37-5)22(15-18)38-6)32(28(35)26(23)34)30-31-17(4)27(41-30)29(36)39-8-2/h7,9-12,14-15,24,33H,1,8,13H2,2-6H3/t24-/m1/s1. The number of thiazole rings is 1. The first-order valence-corrected chi connectivity index (χ1v) is 13.5. The molecule has 2 heterocycles. The predicted octanol–water partition coefficient (Wildman–Crippen LogP) is 5.14. The molecule has 0 bridgehead atoms. The number of carbonyl (C=O) groups is 3. The number of Topliss-reactive ketones (excluding diaryl/α,β-unsaturated/α-hetero) is 1. The molecule has 1 aliphatic rings. The number of hydrogen-bond acceptors (Lipinski definition) is 10. The van der Waals surface area contributed by atoms with Gasteiger partial charge in [0, 0.05) is 5.56 Å². The average molecular weight is 579 g/mol. The number of methoxy groups -OCH3 is 2. The lowest BCUT2D eigenvalue weighted by molar-refractivity contribution is -0.132. The maximum atomic E-state index is 13.6. The molecule has 1 atom stereocenters. The second kappa shape index (κ2) is 12.3. The van der Waals surface area contributed by atoms with Crippen molar-refractivity contribution in [3.63, 3.8) is 0 Å². The van der Waals surface area contributed by atoms with E-state index in [9.17, 15) is 19.5 Å². The van der Waals surface area contributed by atoms with Crippen molar-refractivity contribution >= 4 is 39.9 Å². The van der Waals surface area contributed by atoms with Gasteiger partial charge in [-0.2, -0.15) is 0 Å². The van der Waals surface area contributed by atoms with Crippen LogP contribution >= 0.6 is 11.3 Å². The Morgan fingerprint density at radius 1 is 1.10 bits per heavy atom. The number of anilines is 1. The van der Waals surface area contributed by atoms with Crippen LogP contribution in [0.2, 0.25) is 0 Å². The van der Waals surface area contributed by atoms with Gasteiger partial charge in [-0.25, -0.2) is 9.78 Å². The number of ketones is 1. The lowest BCUT2D eigenvalue weighted by Crippen LogP contribution is -2.29. The van der Waals surface area contributed by atoms with Crippen LogP contribution in [0.25, 0.3) is 5.76 Å². The zero-order chi connectivity index (χ0) is 29.8. The van der Waals surface area contributed by atoms with E-state index in [0.717, 1.165) is 11.3 Å². The molecule has 214 valence electrons. The molecule has 1 aromatic heterocycles.